The molecule has 0 aliphatic carbocycles. The zero-order chi connectivity index (χ0) is 18.5. The van der Waals surface area contributed by atoms with Crippen molar-refractivity contribution in [3.63, 3.8) is 0 Å². The van der Waals surface area contributed by atoms with Crippen molar-refractivity contribution in [2.45, 2.75) is 13.5 Å². The molecule has 0 fully saturated rings. The number of halogens is 1. The molecule has 26 heavy (non-hydrogen) atoms. The van der Waals surface area contributed by atoms with Crippen LogP contribution in [0.15, 0.2) is 65.3 Å². The number of aromatic nitrogens is 2. The van der Waals surface area contributed by atoms with E-state index in [1.54, 1.807) is 41.2 Å². The molecule has 0 bridgehead atoms. The molecule has 3 rings (SSSR count). The molecule has 2 N–H and O–H groups in total. The maximum absolute atomic E-state index is 12.5. The summed E-state index contributed by atoms with van der Waals surface area (Å²) in [6.45, 7) is 1.98. The number of hydrogen-bond donors (Lipinski definition) is 2. The zero-order valence-electron chi connectivity index (χ0n) is 14.1. The van der Waals surface area contributed by atoms with Crippen LogP contribution in [0.3, 0.4) is 0 Å². The normalized spacial score (nSPS) is 10.4. The van der Waals surface area contributed by atoms with Crippen molar-refractivity contribution in [2.24, 2.45) is 0 Å². The first-order valence-electron chi connectivity index (χ1n) is 7.96. The summed E-state index contributed by atoms with van der Waals surface area (Å²) in [6, 6.07) is 16.4. The van der Waals surface area contributed by atoms with Gasteiger partial charge in [0, 0.05) is 28.7 Å². The quantitative estimate of drug-likeness (QED) is 0.666. The van der Waals surface area contributed by atoms with Gasteiger partial charge in [0.1, 0.15) is 5.82 Å². The molecular weight excluding hydrogens is 396 g/mol. The van der Waals surface area contributed by atoms with Gasteiger partial charge in [0.25, 0.3) is 5.91 Å². The second kappa shape index (κ2) is 7.97. The first-order chi connectivity index (χ1) is 12.5. The topological polar surface area (TPSA) is 76.0 Å². The lowest BCUT2D eigenvalue weighted by molar-refractivity contribution is -0.114. The molecule has 1 aromatic heterocycles. The van der Waals surface area contributed by atoms with E-state index in [1.807, 2.05) is 24.3 Å². The van der Waals surface area contributed by atoms with E-state index in [0.717, 1.165) is 10.0 Å². The van der Waals surface area contributed by atoms with Crippen LogP contribution in [-0.2, 0) is 11.3 Å². The van der Waals surface area contributed by atoms with Gasteiger partial charge in [-0.2, -0.15) is 5.10 Å². The Bertz CT molecular complexity index is 935. The van der Waals surface area contributed by atoms with Crippen molar-refractivity contribution in [1.29, 1.82) is 0 Å². The largest absolute Gasteiger partial charge is 0.326 e. The van der Waals surface area contributed by atoms with Crippen molar-refractivity contribution in [3.05, 3.63) is 76.4 Å². The van der Waals surface area contributed by atoms with Crippen LogP contribution in [0.1, 0.15) is 22.8 Å². The van der Waals surface area contributed by atoms with Crippen molar-refractivity contribution >= 4 is 39.2 Å². The van der Waals surface area contributed by atoms with E-state index >= 15 is 0 Å². The number of anilines is 2. The monoisotopic (exact) mass is 412 g/mol. The summed E-state index contributed by atoms with van der Waals surface area (Å²) in [7, 11) is 0. The predicted molar refractivity (Wildman–Crippen MR) is 104 cm³/mol. The molecule has 0 radical (unpaired) electrons. The molecular formula is C19H17BrN4O2. The van der Waals surface area contributed by atoms with Crippen LogP contribution in [0, 0.1) is 0 Å². The second-order valence-corrected chi connectivity index (χ2v) is 6.63. The molecule has 2 aromatic carbocycles. The summed E-state index contributed by atoms with van der Waals surface area (Å²) in [6.07, 6.45) is 1.65. The lowest BCUT2D eigenvalue weighted by atomic mass is 10.2. The van der Waals surface area contributed by atoms with Crippen LogP contribution in [0.25, 0.3) is 0 Å². The fourth-order valence-electron chi connectivity index (χ4n) is 2.47. The molecule has 1 heterocycles. The lowest BCUT2D eigenvalue weighted by Crippen LogP contribution is -2.16. The number of carbonyl (C=O) groups is 2. The van der Waals surface area contributed by atoms with E-state index in [-0.39, 0.29) is 11.8 Å². The van der Waals surface area contributed by atoms with E-state index in [4.69, 9.17) is 0 Å². The molecule has 3 aromatic rings. The molecule has 0 saturated carbocycles. The van der Waals surface area contributed by atoms with Gasteiger partial charge < -0.3 is 10.6 Å². The second-order valence-electron chi connectivity index (χ2n) is 5.72. The van der Waals surface area contributed by atoms with Gasteiger partial charge >= 0.3 is 0 Å². The Morgan fingerprint density at radius 1 is 1.08 bits per heavy atom. The predicted octanol–water partition coefficient (Wildman–Crippen LogP) is 3.90. The van der Waals surface area contributed by atoms with Gasteiger partial charge in [-0.3, -0.25) is 9.59 Å². The van der Waals surface area contributed by atoms with Crippen LogP contribution in [0.4, 0.5) is 11.5 Å². The average molecular weight is 413 g/mol. The SMILES string of the molecule is CC(=O)Nc1ccc(C(=O)Nc2ccnn2Cc2cccc(Br)c2)cc1. The molecule has 7 heteroatoms. The number of nitrogens with one attached hydrogen (secondary N) is 2. The molecule has 6 nitrogen and oxygen atoms in total. The van der Waals surface area contributed by atoms with Gasteiger partial charge in [0.15, 0.2) is 0 Å². The Hall–Kier alpha value is -2.93. The molecule has 0 aliphatic rings. The number of carbonyl (C=O) groups excluding carboxylic acids is 2. The summed E-state index contributed by atoms with van der Waals surface area (Å²) in [5.41, 5.74) is 2.21. The summed E-state index contributed by atoms with van der Waals surface area (Å²) in [4.78, 5) is 23.5. The van der Waals surface area contributed by atoms with E-state index in [9.17, 15) is 9.59 Å². The maximum Gasteiger partial charge on any atom is 0.256 e. The van der Waals surface area contributed by atoms with Crippen LogP contribution >= 0.6 is 15.9 Å². The van der Waals surface area contributed by atoms with Crippen molar-refractivity contribution in [1.82, 2.24) is 9.78 Å². The molecule has 0 atom stereocenters. The summed E-state index contributed by atoms with van der Waals surface area (Å²) in [5.74, 6) is 0.218. The fraction of sp³-hybridized carbons (Fsp3) is 0.105. The number of amides is 2. The fourth-order valence-corrected chi connectivity index (χ4v) is 2.92. The van der Waals surface area contributed by atoms with Crippen LogP contribution in [0.2, 0.25) is 0 Å². The van der Waals surface area contributed by atoms with Crippen molar-refractivity contribution < 1.29 is 9.59 Å². The minimum absolute atomic E-state index is 0.154. The van der Waals surface area contributed by atoms with Gasteiger partial charge in [-0.05, 0) is 42.0 Å². The first kappa shape index (κ1) is 17.9. The minimum atomic E-state index is -0.240. The van der Waals surface area contributed by atoms with Gasteiger partial charge in [-0.1, -0.05) is 28.1 Å². The highest BCUT2D eigenvalue weighted by atomic mass is 79.9. The lowest BCUT2D eigenvalue weighted by Gasteiger charge is -2.10. The third-order valence-electron chi connectivity index (χ3n) is 3.65. The highest BCUT2D eigenvalue weighted by molar-refractivity contribution is 9.10. The number of nitrogens with zero attached hydrogens (tertiary/aromatic N) is 2. The number of hydrogen-bond acceptors (Lipinski definition) is 3. The van der Waals surface area contributed by atoms with Crippen LogP contribution in [0.5, 0.6) is 0 Å². The molecule has 2 amide bonds. The van der Waals surface area contributed by atoms with Crippen molar-refractivity contribution in [2.75, 3.05) is 10.6 Å². The zero-order valence-corrected chi connectivity index (χ0v) is 15.7. The van der Waals surface area contributed by atoms with Crippen LogP contribution < -0.4 is 10.6 Å². The molecule has 0 spiro atoms. The Morgan fingerprint density at radius 2 is 1.85 bits per heavy atom. The third kappa shape index (κ3) is 4.58. The van der Waals surface area contributed by atoms with Gasteiger partial charge in [0.05, 0.1) is 12.7 Å². The van der Waals surface area contributed by atoms with E-state index in [2.05, 4.69) is 31.7 Å². The summed E-state index contributed by atoms with van der Waals surface area (Å²) in [5, 5.41) is 9.81. The minimum Gasteiger partial charge on any atom is -0.326 e. The average Bonchev–Trinajstić information content (AvgIpc) is 3.01. The summed E-state index contributed by atoms with van der Waals surface area (Å²) < 4.78 is 2.72. The third-order valence-corrected chi connectivity index (χ3v) is 4.14. The highest BCUT2D eigenvalue weighted by Crippen LogP contribution is 2.16. The van der Waals surface area contributed by atoms with Gasteiger partial charge in [-0.25, -0.2) is 4.68 Å². The Morgan fingerprint density at radius 3 is 2.54 bits per heavy atom. The Kier molecular flexibility index (Phi) is 5.48. The number of benzene rings is 2. The molecule has 0 saturated heterocycles. The number of rotatable bonds is 5. The van der Waals surface area contributed by atoms with Crippen LogP contribution in [-0.4, -0.2) is 21.6 Å². The Labute approximate surface area is 159 Å². The smallest absolute Gasteiger partial charge is 0.256 e. The van der Waals surface area contributed by atoms with E-state index < -0.39 is 0 Å². The molecule has 0 unspecified atom stereocenters. The van der Waals surface area contributed by atoms with Gasteiger partial charge in [-0.15, -0.1) is 0 Å². The van der Waals surface area contributed by atoms with E-state index in [0.29, 0.717) is 23.6 Å². The maximum atomic E-state index is 12.5. The summed E-state index contributed by atoms with van der Waals surface area (Å²) >= 11 is 3.45. The van der Waals surface area contributed by atoms with Gasteiger partial charge in [0.2, 0.25) is 5.91 Å². The van der Waals surface area contributed by atoms with E-state index in [1.165, 1.54) is 6.92 Å². The standard InChI is InChI=1S/C19H17BrN4O2/c1-13(25)22-17-7-5-15(6-8-17)19(26)23-18-9-10-21-24(18)12-14-3-2-4-16(20)11-14/h2-11H,12H2,1H3,(H,22,25)(H,23,26). The molecule has 132 valence electrons. The van der Waals surface area contributed by atoms with Crippen molar-refractivity contribution in [3.8, 4) is 0 Å². The Balaban J connectivity index is 1.70. The first-order valence-corrected chi connectivity index (χ1v) is 8.76. The highest BCUT2D eigenvalue weighted by Gasteiger charge is 2.10. The molecule has 0 aliphatic heterocycles.